The maximum absolute atomic E-state index is 10.9. The van der Waals surface area contributed by atoms with Gasteiger partial charge in [0.15, 0.2) is 5.82 Å². The number of benzene rings is 1. The van der Waals surface area contributed by atoms with Gasteiger partial charge in [-0.1, -0.05) is 48.9 Å². The van der Waals surface area contributed by atoms with Crippen LogP contribution in [0.25, 0.3) is 4.96 Å². The number of hydrogen-bond donors (Lipinski definition) is 1. The van der Waals surface area contributed by atoms with Gasteiger partial charge in [0, 0.05) is 18.0 Å². The van der Waals surface area contributed by atoms with E-state index in [4.69, 9.17) is 11.6 Å². The summed E-state index contributed by atoms with van der Waals surface area (Å²) in [6.07, 6.45) is 3.17. The van der Waals surface area contributed by atoms with Crippen molar-refractivity contribution in [2.75, 3.05) is 13.1 Å². The molecule has 0 unspecified atom stereocenters. The Bertz CT molecular complexity index is 922. The highest BCUT2D eigenvalue weighted by Crippen LogP contribution is 2.41. The normalized spacial score (nSPS) is 19.9. The lowest BCUT2D eigenvalue weighted by Gasteiger charge is -2.37. The molecule has 7 heteroatoms. The number of piperidine rings is 1. The second-order valence-corrected chi connectivity index (χ2v) is 8.51. The van der Waals surface area contributed by atoms with Gasteiger partial charge in [0.25, 0.3) is 0 Å². The van der Waals surface area contributed by atoms with E-state index in [1.807, 2.05) is 25.1 Å². The molecule has 0 radical (unpaired) electrons. The SMILES string of the molecule is CCc1nc2sc([C@H](c3cccc(Cl)c3)N3CCC[C@H](C)C3)c(O)n2n1. The van der Waals surface area contributed by atoms with Gasteiger partial charge in [0.05, 0.1) is 10.9 Å². The second-order valence-electron chi connectivity index (χ2n) is 7.07. The van der Waals surface area contributed by atoms with Gasteiger partial charge >= 0.3 is 0 Å². The highest BCUT2D eigenvalue weighted by Gasteiger charge is 2.31. The molecule has 1 aliphatic heterocycles. The first-order valence-corrected chi connectivity index (χ1v) is 10.3. The summed E-state index contributed by atoms with van der Waals surface area (Å²) in [7, 11) is 0. The van der Waals surface area contributed by atoms with E-state index in [2.05, 4.69) is 28.0 Å². The number of likely N-dealkylation sites (tertiary alicyclic amines) is 1. The Morgan fingerprint density at radius 3 is 2.96 bits per heavy atom. The van der Waals surface area contributed by atoms with E-state index >= 15 is 0 Å². The summed E-state index contributed by atoms with van der Waals surface area (Å²) in [6, 6.07) is 7.91. The molecule has 1 saturated heterocycles. The van der Waals surface area contributed by atoms with Crippen LogP contribution in [0.2, 0.25) is 5.02 Å². The third-order valence-electron chi connectivity index (χ3n) is 5.03. The van der Waals surface area contributed by atoms with Crippen LogP contribution in [0.4, 0.5) is 0 Å². The quantitative estimate of drug-likeness (QED) is 0.710. The molecule has 5 nitrogen and oxygen atoms in total. The first kappa shape index (κ1) is 17.8. The van der Waals surface area contributed by atoms with Crippen molar-refractivity contribution < 1.29 is 5.11 Å². The molecule has 1 fully saturated rings. The number of fused-ring (bicyclic) bond motifs is 1. The number of aromatic nitrogens is 3. The molecule has 0 bridgehead atoms. The Morgan fingerprint density at radius 1 is 1.42 bits per heavy atom. The number of thiazole rings is 1. The zero-order chi connectivity index (χ0) is 18.3. The number of rotatable bonds is 4. The molecule has 4 rings (SSSR count). The van der Waals surface area contributed by atoms with Crippen LogP contribution in [0.1, 0.15) is 49.0 Å². The Kier molecular flexibility index (Phi) is 4.90. The van der Waals surface area contributed by atoms with E-state index in [-0.39, 0.29) is 11.9 Å². The first-order valence-electron chi connectivity index (χ1n) is 9.13. The molecule has 3 aromatic rings. The first-order chi connectivity index (χ1) is 12.6. The Hall–Kier alpha value is -1.63. The highest BCUT2D eigenvalue weighted by atomic mass is 35.5. The van der Waals surface area contributed by atoms with Crippen LogP contribution in [-0.4, -0.2) is 37.7 Å². The number of nitrogens with zero attached hydrogens (tertiary/aromatic N) is 4. The highest BCUT2D eigenvalue weighted by molar-refractivity contribution is 7.17. The van der Waals surface area contributed by atoms with Crippen molar-refractivity contribution >= 4 is 27.9 Å². The summed E-state index contributed by atoms with van der Waals surface area (Å²) < 4.78 is 1.57. The molecule has 3 heterocycles. The molecule has 1 aromatic carbocycles. The van der Waals surface area contributed by atoms with E-state index in [1.54, 1.807) is 4.52 Å². The van der Waals surface area contributed by atoms with Gasteiger partial charge in [-0.15, -0.1) is 5.10 Å². The minimum absolute atomic E-state index is 0.0324. The zero-order valence-corrected chi connectivity index (χ0v) is 16.6. The average Bonchev–Trinajstić information content (AvgIpc) is 3.15. The third kappa shape index (κ3) is 3.21. The standard InChI is InChI=1S/C19H23ClN4OS/c1-3-15-21-19-24(22-15)18(25)17(26-19)16(13-7-4-8-14(20)10-13)23-9-5-6-12(2)11-23/h4,7-8,10,12,16,25H,3,5-6,9,11H2,1-2H3/t12-,16-/m0/s1. The predicted octanol–water partition coefficient (Wildman–Crippen LogP) is 4.53. The Balaban J connectivity index is 1.82. The number of aromatic hydroxyl groups is 1. The van der Waals surface area contributed by atoms with Gasteiger partial charge in [-0.25, -0.2) is 4.98 Å². The van der Waals surface area contributed by atoms with Crippen molar-refractivity contribution in [1.29, 1.82) is 0 Å². The van der Waals surface area contributed by atoms with Crippen molar-refractivity contribution in [2.24, 2.45) is 5.92 Å². The van der Waals surface area contributed by atoms with Crippen LogP contribution in [0, 0.1) is 5.92 Å². The lowest BCUT2D eigenvalue weighted by Crippen LogP contribution is -2.37. The fourth-order valence-corrected chi connectivity index (χ4v) is 5.12. The van der Waals surface area contributed by atoms with Gasteiger partial charge in [0.2, 0.25) is 10.8 Å². The topological polar surface area (TPSA) is 53.7 Å². The zero-order valence-electron chi connectivity index (χ0n) is 15.0. The van der Waals surface area contributed by atoms with Gasteiger partial charge in [0.1, 0.15) is 0 Å². The van der Waals surface area contributed by atoms with E-state index < -0.39 is 0 Å². The maximum atomic E-state index is 10.9. The number of hydrogen-bond acceptors (Lipinski definition) is 5. The lowest BCUT2D eigenvalue weighted by molar-refractivity contribution is 0.149. The monoisotopic (exact) mass is 390 g/mol. The van der Waals surface area contributed by atoms with Crippen molar-refractivity contribution in [1.82, 2.24) is 19.5 Å². The molecule has 2 aromatic heterocycles. The molecule has 1 N–H and O–H groups in total. The van der Waals surface area contributed by atoms with Crippen LogP contribution in [-0.2, 0) is 6.42 Å². The molecule has 1 aliphatic rings. The smallest absolute Gasteiger partial charge is 0.230 e. The average molecular weight is 391 g/mol. The second kappa shape index (κ2) is 7.18. The van der Waals surface area contributed by atoms with Crippen LogP contribution < -0.4 is 0 Å². The van der Waals surface area contributed by atoms with Crippen LogP contribution in [0.3, 0.4) is 0 Å². The molecule has 0 amide bonds. The molecule has 2 atom stereocenters. The van der Waals surface area contributed by atoms with E-state index in [0.29, 0.717) is 10.9 Å². The predicted molar refractivity (Wildman–Crippen MR) is 105 cm³/mol. The van der Waals surface area contributed by atoms with Crippen molar-refractivity contribution in [3.8, 4) is 5.88 Å². The van der Waals surface area contributed by atoms with Gasteiger partial charge in [-0.05, 0) is 43.0 Å². The summed E-state index contributed by atoms with van der Waals surface area (Å²) in [4.78, 5) is 8.61. The van der Waals surface area contributed by atoms with Crippen LogP contribution in [0.15, 0.2) is 24.3 Å². The third-order valence-corrected chi connectivity index (χ3v) is 6.33. The van der Waals surface area contributed by atoms with Gasteiger partial charge in [-0.2, -0.15) is 4.52 Å². The summed E-state index contributed by atoms with van der Waals surface area (Å²) in [6.45, 7) is 6.32. The van der Waals surface area contributed by atoms with Gasteiger partial charge in [-0.3, -0.25) is 4.90 Å². The molecule has 0 spiro atoms. The molecule has 26 heavy (non-hydrogen) atoms. The lowest BCUT2D eigenvalue weighted by atomic mass is 9.95. The summed E-state index contributed by atoms with van der Waals surface area (Å²) in [5, 5.41) is 16.0. The van der Waals surface area contributed by atoms with Gasteiger partial charge < -0.3 is 5.11 Å². The summed E-state index contributed by atoms with van der Waals surface area (Å²) in [5.41, 5.74) is 1.10. The Labute approximate surface area is 162 Å². The minimum atomic E-state index is -0.0324. The molecular formula is C19H23ClN4OS. The van der Waals surface area contributed by atoms with E-state index in [0.717, 1.165) is 40.7 Å². The minimum Gasteiger partial charge on any atom is -0.492 e. The summed E-state index contributed by atoms with van der Waals surface area (Å²) >= 11 is 7.79. The number of halogens is 1. The molecule has 0 aliphatic carbocycles. The van der Waals surface area contributed by atoms with E-state index in [1.165, 1.54) is 24.2 Å². The van der Waals surface area contributed by atoms with E-state index in [9.17, 15) is 5.11 Å². The van der Waals surface area contributed by atoms with Crippen molar-refractivity contribution in [2.45, 2.75) is 39.2 Å². The largest absolute Gasteiger partial charge is 0.492 e. The fourth-order valence-electron chi connectivity index (χ4n) is 3.78. The molecule has 0 saturated carbocycles. The summed E-state index contributed by atoms with van der Waals surface area (Å²) in [5.74, 6) is 1.59. The van der Waals surface area contributed by atoms with Crippen LogP contribution >= 0.6 is 22.9 Å². The Morgan fingerprint density at radius 2 is 2.27 bits per heavy atom. The maximum Gasteiger partial charge on any atom is 0.230 e. The molecule has 138 valence electrons. The van der Waals surface area contributed by atoms with Crippen molar-refractivity contribution in [3.05, 3.63) is 45.6 Å². The van der Waals surface area contributed by atoms with Crippen LogP contribution in [0.5, 0.6) is 5.88 Å². The fraction of sp³-hybridized carbons (Fsp3) is 0.474. The van der Waals surface area contributed by atoms with Crippen molar-refractivity contribution in [3.63, 3.8) is 0 Å². The number of aryl methyl sites for hydroxylation is 1. The molecular weight excluding hydrogens is 368 g/mol.